The zero-order valence-corrected chi connectivity index (χ0v) is 14.6. The summed E-state index contributed by atoms with van der Waals surface area (Å²) in [5.41, 5.74) is 2.47. The Bertz CT molecular complexity index is 407. The van der Waals surface area contributed by atoms with E-state index in [0.29, 0.717) is 12.1 Å². The monoisotopic (exact) mass is 342 g/mol. The number of nitrogens with zero attached hydrogens (tertiary/aromatic N) is 1. The van der Waals surface area contributed by atoms with Gasteiger partial charge in [-0.25, -0.2) is 0 Å². The standard InChI is InChI=1S/C16H27BrN2O/c1-12(2)18-11-14-6-7-16(15(17)10-14)19(13(3)4)8-5-9-20/h6-7,10,12-13,18,20H,5,8-9,11H2,1-4H3. The SMILES string of the molecule is CC(C)NCc1ccc(N(CCCO)C(C)C)c(Br)c1. The zero-order chi connectivity index (χ0) is 15.1. The van der Waals surface area contributed by atoms with Crippen molar-refractivity contribution in [1.82, 2.24) is 5.32 Å². The van der Waals surface area contributed by atoms with E-state index in [0.717, 1.165) is 24.0 Å². The Hall–Kier alpha value is -0.580. The third kappa shape index (κ3) is 5.43. The predicted octanol–water partition coefficient (Wildman–Crippen LogP) is 3.54. The second-order valence-electron chi connectivity index (χ2n) is 5.69. The molecule has 1 aromatic carbocycles. The van der Waals surface area contributed by atoms with E-state index in [2.05, 4.69) is 72.0 Å². The van der Waals surface area contributed by atoms with Gasteiger partial charge in [0.05, 0.1) is 5.69 Å². The molecule has 0 saturated heterocycles. The van der Waals surface area contributed by atoms with Gasteiger partial charge in [0.15, 0.2) is 0 Å². The van der Waals surface area contributed by atoms with Crippen molar-refractivity contribution in [2.24, 2.45) is 0 Å². The molecule has 0 unspecified atom stereocenters. The predicted molar refractivity (Wildman–Crippen MR) is 90.3 cm³/mol. The van der Waals surface area contributed by atoms with Gasteiger partial charge in [0, 0.05) is 36.3 Å². The Kier molecular flexibility index (Phi) is 7.56. The second kappa shape index (κ2) is 8.65. The lowest BCUT2D eigenvalue weighted by molar-refractivity contribution is 0.288. The van der Waals surface area contributed by atoms with Crippen molar-refractivity contribution in [3.63, 3.8) is 0 Å². The maximum absolute atomic E-state index is 9.03. The van der Waals surface area contributed by atoms with Gasteiger partial charge >= 0.3 is 0 Å². The molecule has 114 valence electrons. The van der Waals surface area contributed by atoms with Crippen molar-refractivity contribution < 1.29 is 5.11 Å². The highest BCUT2D eigenvalue weighted by atomic mass is 79.9. The fraction of sp³-hybridized carbons (Fsp3) is 0.625. The Morgan fingerprint density at radius 3 is 2.45 bits per heavy atom. The van der Waals surface area contributed by atoms with Crippen LogP contribution in [0.1, 0.15) is 39.7 Å². The molecule has 0 amide bonds. The molecular formula is C16H27BrN2O. The van der Waals surface area contributed by atoms with E-state index in [1.807, 2.05) is 0 Å². The summed E-state index contributed by atoms with van der Waals surface area (Å²) in [6, 6.07) is 7.42. The highest BCUT2D eigenvalue weighted by Crippen LogP contribution is 2.29. The number of nitrogens with one attached hydrogen (secondary N) is 1. The van der Waals surface area contributed by atoms with Gasteiger partial charge in [0.1, 0.15) is 0 Å². The number of aliphatic hydroxyl groups is 1. The van der Waals surface area contributed by atoms with Gasteiger partial charge < -0.3 is 15.3 Å². The second-order valence-corrected chi connectivity index (χ2v) is 6.54. The van der Waals surface area contributed by atoms with Crippen LogP contribution in [0.4, 0.5) is 5.69 Å². The number of benzene rings is 1. The van der Waals surface area contributed by atoms with E-state index in [1.54, 1.807) is 0 Å². The minimum atomic E-state index is 0.233. The van der Waals surface area contributed by atoms with E-state index in [1.165, 1.54) is 11.3 Å². The summed E-state index contributed by atoms with van der Waals surface area (Å²) in [5.74, 6) is 0. The fourth-order valence-corrected chi connectivity index (χ4v) is 2.77. The highest BCUT2D eigenvalue weighted by Gasteiger charge is 2.13. The molecule has 1 rings (SSSR count). The van der Waals surface area contributed by atoms with Gasteiger partial charge in [-0.2, -0.15) is 0 Å². The molecular weight excluding hydrogens is 316 g/mol. The minimum Gasteiger partial charge on any atom is -0.396 e. The van der Waals surface area contributed by atoms with Crippen molar-refractivity contribution >= 4 is 21.6 Å². The van der Waals surface area contributed by atoms with Crippen LogP contribution in [0.5, 0.6) is 0 Å². The van der Waals surface area contributed by atoms with Gasteiger partial charge in [-0.15, -0.1) is 0 Å². The van der Waals surface area contributed by atoms with Crippen LogP contribution in [0.3, 0.4) is 0 Å². The number of rotatable bonds is 8. The van der Waals surface area contributed by atoms with Crippen LogP contribution < -0.4 is 10.2 Å². The van der Waals surface area contributed by atoms with Crippen LogP contribution in [0, 0.1) is 0 Å². The quantitative estimate of drug-likeness (QED) is 0.758. The molecule has 0 saturated carbocycles. The largest absolute Gasteiger partial charge is 0.396 e. The average molecular weight is 343 g/mol. The third-order valence-electron chi connectivity index (χ3n) is 3.22. The van der Waals surface area contributed by atoms with E-state index in [-0.39, 0.29) is 6.61 Å². The van der Waals surface area contributed by atoms with E-state index < -0.39 is 0 Å². The first-order valence-corrected chi connectivity index (χ1v) is 8.14. The number of hydrogen-bond donors (Lipinski definition) is 2. The molecule has 0 aliphatic rings. The Morgan fingerprint density at radius 1 is 1.25 bits per heavy atom. The molecule has 3 nitrogen and oxygen atoms in total. The molecule has 0 radical (unpaired) electrons. The van der Waals surface area contributed by atoms with E-state index in [4.69, 9.17) is 5.11 Å². The summed E-state index contributed by atoms with van der Waals surface area (Å²) in [7, 11) is 0. The number of anilines is 1. The third-order valence-corrected chi connectivity index (χ3v) is 3.85. The summed E-state index contributed by atoms with van der Waals surface area (Å²) in [6.45, 7) is 10.6. The fourth-order valence-electron chi connectivity index (χ4n) is 2.11. The van der Waals surface area contributed by atoms with Gasteiger partial charge in [0.2, 0.25) is 0 Å². The summed E-state index contributed by atoms with van der Waals surface area (Å²) in [4.78, 5) is 2.32. The number of aliphatic hydroxyl groups excluding tert-OH is 1. The van der Waals surface area contributed by atoms with E-state index >= 15 is 0 Å². The van der Waals surface area contributed by atoms with Crippen molar-refractivity contribution in [3.8, 4) is 0 Å². The molecule has 0 bridgehead atoms. The Balaban J connectivity index is 2.83. The molecule has 0 aromatic heterocycles. The van der Waals surface area contributed by atoms with Gasteiger partial charge in [-0.05, 0) is 53.9 Å². The molecule has 20 heavy (non-hydrogen) atoms. The maximum atomic E-state index is 9.03. The van der Waals surface area contributed by atoms with Crippen molar-refractivity contribution in [2.75, 3.05) is 18.1 Å². The molecule has 0 heterocycles. The van der Waals surface area contributed by atoms with Crippen LogP contribution in [0.15, 0.2) is 22.7 Å². The van der Waals surface area contributed by atoms with Crippen molar-refractivity contribution in [3.05, 3.63) is 28.2 Å². The first-order chi connectivity index (χ1) is 9.45. The lowest BCUT2D eigenvalue weighted by atomic mass is 10.1. The van der Waals surface area contributed by atoms with Gasteiger partial charge in [0.25, 0.3) is 0 Å². The van der Waals surface area contributed by atoms with Gasteiger partial charge in [-0.3, -0.25) is 0 Å². The summed E-state index contributed by atoms with van der Waals surface area (Å²) >= 11 is 3.68. The highest BCUT2D eigenvalue weighted by molar-refractivity contribution is 9.10. The molecule has 1 aromatic rings. The molecule has 0 aliphatic carbocycles. The summed E-state index contributed by atoms with van der Waals surface area (Å²) in [6.07, 6.45) is 0.793. The van der Waals surface area contributed by atoms with Crippen LogP contribution in [-0.4, -0.2) is 30.3 Å². The molecule has 2 N–H and O–H groups in total. The average Bonchev–Trinajstić information content (AvgIpc) is 2.38. The lowest BCUT2D eigenvalue weighted by Gasteiger charge is -2.30. The molecule has 0 spiro atoms. The minimum absolute atomic E-state index is 0.233. The first-order valence-electron chi connectivity index (χ1n) is 7.35. The number of hydrogen-bond acceptors (Lipinski definition) is 3. The summed E-state index contributed by atoms with van der Waals surface area (Å²) < 4.78 is 1.12. The molecule has 0 atom stereocenters. The van der Waals surface area contributed by atoms with Crippen LogP contribution in [0.25, 0.3) is 0 Å². The maximum Gasteiger partial charge on any atom is 0.0513 e. The Morgan fingerprint density at radius 2 is 1.95 bits per heavy atom. The zero-order valence-electron chi connectivity index (χ0n) is 13.0. The summed E-state index contributed by atoms with van der Waals surface area (Å²) in [5, 5.41) is 12.5. The van der Waals surface area contributed by atoms with E-state index in [9.17, 15) is 0 Å². The lowest BCUT2D eigenvalue weighted by Crippen LogP contribution is -2.32. The van der Waals surface area contributed by atoms with Gasteiger partial charge in [-0.1, -0.05) is 19.9 Å². The normalized spacial score (nSPS) is 11.4. The van der Waals surface area contributed by atoms with Crippen LogP contribution >= 0.6 is 15.9 Å². The molecule has 4 heteroatoms. The first kappa shape index (κ1) is 17.5. The van der Waals surface area contributed by atoms with Crippen molar-refractivity contribution in [2.45, 2.75) is 52.7 Å². The molecule has 0 fully saturated rings. The van der Waals surface area contributed by atoms with Crippen LogP contribution in [0.2, 0.25) is 0 Å². The smallest absolute Gasteiger partial charge is 0.0513 e. The Labute approximate surface area is 131 Å². The van der Waals surface area contributed by atoms with Crippen LogP contribution in [-0.2, 0) is 6.54 Å². The van der Waals surface area contributed by atoms with Crippen molar-refractivity contribution in [1.29, 1.82) is 0 Å². The molecule has 0 aliphatic heterocycles. The number of halogens is 1. The topological polar surface area (TPSA) is 35.5 Å².